The number of para-hydroxylation sites is 1. The molecule has 1 N–H and O–H groups in total. The van der Waals surface area contributed by atoms with Gasteiger partial charge in [-0.3, -0.25) is 0 Å². The molecule has 0 aliphatic rings. The van der Waals surface area contributed by atoms with Crippen LogP contribution in [0.2, 0.25) is 0 Å². The molecule has 2 heteroatoms. The van der Waals surface area contributed by atoms with Crippen molar-refractivity contribution in [3.8, 4) is 5.75 Å². The lowest BCUT2D eigenvalue weighted by Crippen LogP contribution is -2.25. The summed E-state index contributed by atoms with van der Waals surface area (Å²) in [6, 6.07) is 18.5. The van der Waals surface area contributed by atoms with Gasteiger partial charge in [0.2, 0.25) is 0 Å². The van der Waals surface area contributed by atoms with Crippen molar-refractivity contribution in [3.05, 3.63) is 78.4 Å². The maximum atomic E-state index is 6.28. The molecule has 110 valence electrons. The molecule has 2 nitrogen and oxygen atoms in total. The summed E-state index contributed by atoms with van der Waals surface area (Å²) in [6.45, 7) is 7.65. The van der Waals surface area contributed by atoms with Gasteiger partial charge in [0.25, 0.3) is 0 Å². The normalized spacial score (nSPS) is 11.9. The predicted octanol–water partition coefficient (Wildman–Crippen LogP) is 4.14. The molecule has 21 heavy (non-hydrogen) atoms. The summed E-state index contributed by atoms with van der Waals surface area (Å²) < 4.78 is 6.28. The number of nitrogens with one attached hydrogen (secondary N) is 1. The third kappa shape index (κ3) is 4.47. The van der Waals surface area contributed by atoms with Crippen LogP contribution in [0.15, 0.2) is 67.3 Å². The zero-order chi connectivity index (χ0) is 14.9. The Morgan fingerprint density at radius 1 is 1.10 bits per heavy atom. The molecule has 0 amide bonds. The molecule has 0 saturated heterocycles. The Labute approximate surface area is 127 Å². The number of allylic oxidation sites excluding steroid dienone is 1. The van der Waals surface area contributed by atoms with Crippen LogP contribution >= 0.6 is 0 Å². The average molecular weight is 281 g/mol. The van der Waals surface area contributed by atoms with Crippen molar-refractivity contribution >= 4 is 0 Å². The second-order valence-electron chi connectivity index (χ2n) is 4.93. The summed E-state index contributed by atoms with van der Waals surface area (Å²) >= 11 is 0. The van der Waals surface area contributed by atoms with Crippen LogP contribution in [-0.4, -0.2) is 13.1 Å². The van der Waals surface area contributed by atoms with E-state index in [9.17, 15) is 0 Å². The fourth-order valence-electron chi connectivity index (χ4n) is 2.27. The SMILES string of the molecule is C=CCc1ccccc1OC(CNCC)c1ccccc1. The predicted molar refractivity (Wildman–Crippen MR) is 88.7 cm³/mol. The zero-order valence-electron chi connectivity index (χ0n) is 12.6. The molecule has 0 bridgehead atoms. The van der Waals surface area contributed by atoms with E-state index in [1.807, 2.05) is 42.5 Å². The Balaban J connectivity index is 2.20. The standard InChI is InChI=1S/C19H23NO/c1-3-10-16-13-8-9-14-18(16)21-19(15-20-4-2)17-11-6-5-7-12-17/h3,5-9,11-14,19-20H,1,4,10,15H2,2H3. The van der Waals surface area contributed by atoms with E-state index in [1.165, 1.54) is 11.1 Å². The van der Waals surface area contributed by atoms with Gasteiger partial charge in [-0.05, 0) is 30.2 Å². The maximum absolute atomic E-state index is 6.28. The first-order valence-electron chi connectivity index (χ1n) is 7.46. The summed E-state index contributed by atoms with van der Waals surface area (Å²) in [4.78, 5) is 0. The highest BCUT2D eigenvalue weighted by Crippen LogP contribution is 2.25. The van der Waals surface area contributed by atoms with E-state index in [0.717, 1.165) is 25.3 Å². The van der Waals surface area contributed by atoms with Crippen LogP contribution in [0.3, 0.4) is 0 Å². The summed E-state index contributed by atoms with van der Waals surface area (Å²) in [5.74, 6) is 0.934. The molecule has 2 aromatic carbocycles. The molecular weight excluding hydrogens is 258 g/mol. The van der Waals surface area contributed by atoms with Crippen LogP contribution in [0.4, 0.5) is 0 Å². The molecule has 2 rings (SSSR count). The van der Waals surface area contributed by atoms with Crippen LogP contribution in [0.5, 0.6) is 5.75 Å². The van der Waals surface area contributed by atoms with Gasteiger partial charge < -0.3 is 10.1 Å². The van der Waals surface area contributed by atoms with E-state index in [2.05, 4.69) is 37.0 Å². The molecule has 0 radical (unpaired) electrons. The molecule has 0 aromatic heterocycles. The van der Waals surface area contributed by atoms with Crippen molar-refractivity contribution in [2.45, 2.75) is 19.4 Å². The summed E-state index contributed by atoms with van der Waals surface area (Å²) in [7, 11) is 0. The molecule has 0 fully saturated rings. The highest BCUT2D eigenvalue weighted by atomic mass is 16.5. The molecule has 0 aliphatic carbocycles. The summed E-state index contributed by atoms with van der Waals surface area (Å²) in [5.41, 5.74) is 2.36. The summed E-state index contributed by atoms with van der Waals surface area (Å²) in [6.07, 6.45) is 2.74. The van der Waals surface area contributed by atoms with Crippen molar-refractivity contribution in [1.29, 1.82) is 0 Å². The van der Waals surface area contributed by atoms with Gasteiger partial charge in [0, 0.05) is 6.54 Å². The van der Waals surface area contributed by atoms with Crippen molar-refractivity contribution in [2.75, 3.05) is 13.1 Å². The Hall–Kier alpha value is -2.06. The monoisotopic (exact) mass is 281 g/mol. The van der Waals surface area contributed by atoms with Crippen LogP contribution in [0.25, 0.3) is 0 Å². The lowest BCUT2D eigenvalue weighted by Gasteiger charge is -2.21. The van der Waals surface area contributed by atoms with E-state index in [4.69, 9.17) is 4.74 Å². The minimum Gasteiger partial charge on any atom is -0.484 e. The van der Waals surface area contributed by atoms with Crippen molar-refractivity contribution in [2.24, 2.45) is 0 Å². The molecule has 1 unspecified atom stereocenters. The lowest BCUT2D eigenvalue weighted by atomic mass is 10.1. The smallest absolute Gasteiger partial charge is 0.136 e. The Morgan fingerprint density at radius 2 is 1.81 bits per heavy atom. The number of rotatable bonds is 8. The molecule has 0 heterocycles. The van der Waals surface area contributed by atoms with Crippen LogP contribution < -0.4 is 10.1 Å². The van der Waals surface area contributed by atoms with Crippen molar-refractivity contribution in [1.82, 2.24) is 5.32 Å². The topological polar surface area (TPSA) is 21.3 Å². The number of likely N-dealkylation sites (N-methyl/N-ethyl adjacent to an activating group) is 1. The van der Waals surface area contributed by atoms with E-state index in [0.29, 0.717) is 0 Å². The number of hydrogen-bond donors (Lipinski definition) is 1. The minimum absolute atomic E-state index is 0.0112. The van der Waals surface area contributed by atoms with E-state index < -0.39 is 0 Å². The van der Waals surface area contributed by atoms with E-state index in [-0.39, 0.29) is 6.10 Å². The van der Waals surface area contributed by atoms with Gasteiger partial charge in [0.15, 0.2) is 0 Å². The third-order valence-corrected chi connectivity index (χ3v) is 3.36. The lowest BCUT2D eigenvalue weighted by molar-refractivity contribution is 0.201. The highest BCUT2D eigenvalue weighted by molar-refractivity contribution is 5.35. The van der Waals surface area contributed by atoms with Gasteiger partial charge in [-0.15, -0.1) is 6.58 Å². The number of ether oxygens (including phenoxy) is 1. The quantitative estimate of drug-likeness (QED) is 0.734. The van der Waals surface area contributed by atoms with Gasteiger partial charge in [0.1, 0.15) is 11.9 Å². The van der Waals surface area contributed by atoms with Gasteiger partial charge in [-0.1, -0.05) is 61.5 Å². The molecule has 0 spiro atoms. The number of hydrogen-bond acceptors (Lipinski definition) is 2. The van der Waals surface area contributed by atoms with Crippen LogP contribution in [0.1, 0.15) is 24.2 Å². The molecule has 2 aromatic rings. The number of benzene rings is 2. The van der Waals surface area contributed by atoms with Crippen LogP contribution in [-0.2, 0) is 6.42 Å². The van der Waals surface area contributed by atoms with Crippen molar-refractivity contribution < 1.29 is 4.74 Å². The van der Waals surface area contributed by atoms with E-state index in [1.54, 1.807) is 0 Å². The van der Waals surface area contributed by atoms with Crippen molar-refractivity contribution in [3.63, 3.8) is 0 Å². The first-order chi connectivity index (χ1) is 10.3. The third-order valence-electron chi connectivity index (χ3n) is 3.36. The molecule has 0 aliphatic heterocycles. The van der Waals surface area contributed by atoms with Gasteiger partial charge >= 0.3 is 0 Å². The average Bonchev–Trinajstić information content (AvgIpc) is 2.54. The largest absolute Gasteiger partial charge is 0.484 e. The highest BCUT2D eigenvalue weighted by Gasteiger charge is 2.14. The second-order valence-corrected chi connectivity index (χ2v) is 4.93. The maximum Gasteiger partial charge on any atom is 0.136 e. The molecule has 1 atom stereocenters. The Bertz CT molecular complexity index is 551. The first kappa shape index (κ1) is 15.3. The first-order valence-corrected chi connectivity index (χ1v) is 7.46. The molecule has 0 saturated carbocycles. The molecular formula is C19H23NO. The fraction of sp³-hybridized carbons (Fsp3) is 0.263. The Kier molecular flexibility index (Phi) is 6.04. The zero-order valence-corrected chi connectivity index (χ0v) is 12.6. The second kappa shape index (κ2) is 8.28. The van der Waals surface area contributed by atoms with Gasteiger partial charge in [-0.2, -0.15) is 0 Å². The minimum atomic E-state index is 0.0112. The van der Waals surface area contributed by atoms with Crippen LogP contribution in [0, 0.1) is 0 Å². The Morgan fingerprint density at radius 3 is 2.52 bits per heavy atom. The van der Waals surface area contributed by atoms with Gasteiger partial charge in [0.05, 0.1) is 0 Å². The van der Waals surface area contributed by atoms with Gasteiger partial charge in [-0.25, -0.2) is 0 Å². The van der Waals surface area contributed by atoms with E-state index >= 15 is 0 Å². The summed E-state index contributed by atoms with van der Waals surface area (Å²) in [5, 5.41) is 3.37. The fourth-order valence-corrected chi connectivity index (χ4v) is 2.27.